The van der Waals surface area contributed by atoms with E-state index in [0.717, 1.165) is 49.4 Å². The molecule has 124 valence electrons. The fourth-order valence-electron chi connectivity index (χ4n) is 2.65. The third kappa shape index (κ3) is 2.80. The minimum absolute atomic E-state index is 0.424. The van der Waals surface area contributed by atoms with Crippen molar-refractivity contribution in [2.24, 2.45) is 0 Å². The first-order chi connectivity index (χ1) is 12.3. The van der Waals surface area contributed by atoms with Gasteiger partial charge in [-0.2, -0.15) is 0 Å². The summed E-state index contributed by atoms with van der Waals surface area (Å²) in [5.41, 5.74) is 2.19. The van der Waals surface area contributed by atoms with Gasteiger partial charge < -0.3 is 0 Å². The summed E-state index contributed by atoms with van der Waals surface area (Å²) in [6, 6.07) is 8.24. The Morgan fingerprint density at radius 3 is 2.80 bits per heavy atom. The second-order valence-electron chi connectivity index (χ2n) is 5.75. The van der Waals surface area contributed by atoms with Gasteiger partial charge in [0, 0.05) is 16.0 Å². The molecule has 0 aliphatic heterocycles. The van der Waals surface area contributed by atoms with Crippen LogP contribution < -0.4 is 0 Å². The molecule has 0 N–H and O–H groups in total. The molecule has 9 heteroatoms. The Morgan fingerprint density at radius 1 is 1.16 bits per heavy atom. The lowest BCUT2D eigenvalue weighted by molar-refractivity contribution is 0.565. The maximum Gasteiger partial charge on any atom is 0.215 e. The van der Waals surface area contributed by atoms with Crippen molar-refractivity contribution in [1.82, 2.24) is 30.2 Å². The van der Waals surface area contributed by atoms with Crippen LogP contribution in [0.4, 0.5) is 0 Å². The Balaban J connectivity index is 1.62. The number of thiophene rings is 1. The number of halogens is 1. The molecule has 0 atom stereocenters. The molecule has 1 aliphatic carbocycles. The van der Waals surface area contributed by atoms with Crippen molar-refractivity contribution in [1.29, 1.82) is 0 Å². The van der Waals surface area contributed by atoms with E-state index in [4.69, 9.17) is 11.6 Å². The lowest BCUT2D eigenvalue weighted by Gasteiger charge is -2.05. The molecular weight excluding hydrogens is 376 g/mol. The highest BCUT2D eigenvalue weighted by atomic mass is 35.5. The zero-order valence-corrected chi connectivity index (χ0v) is 15.2. The number of fused-ring (bicyclic) bond motifs is 1. The lowest BCUT2D eigenvalue weighted by Crippen LogP contribution is -1.99. The van der Waals surface area contributed by atoms with E-state index < -0.39 is 0 Å². The van der Waals surface area contributed by atoms with E-state index >= 15 is 0 Å². The maximum atomic E-state index is 6.02. The van der Waals surface area contributed by atoms with Gasteiger partial charge in [0.25, 0.3) is 0 Å². The molecule has 25 heavy (non-hydrogen) atoms. The van der Waals surface area contributed by atoms with Gasteiger partial charge in [-0.25, -0.2) is 14.6 Å². The number of aromatic nitrogens is 6. The van der Waals surface area contributed by atoms with Crippen molar-refractivity contribution in [2.75, 3.05) is 0 Å². The predicted molar refractivity (Wildman–Crippen MR) is 98.1 cm³/mol. The summed E-state index contributed by atoms with van der Waals surface area (Å²) >= 11 is 9.12. The van der Waals surface area contributed by atoms with Crippen molar-refractivity contribution in [3.05, 3.63) is 41.0 Å². The average molecular weight is 387 g/mol. The number of rotatable bonds is 4. The quantitative estimate of drug-likeness (QED) is 0.481. The molecule has 1 saturated carbocycles. The minimum Gasteiger partial charge on any atom is -0.229 e. The zero-order chi connectivity index (χ0) is 16.8. The monoisotopic (exact) mass is 386 g/mol. The van der Waals surface area contributed by atoms with E-state index in [0.29, 0.717) is 6.04 Å². The lowest BCUT2D eigenvalue weighted by atomic mass is 10.1. The number of nitrogens with zero attached hydrogens (tertiary/aromatic N) is 6. The summed E-state index contributed by atoms with van der Waals surface area (Å²) in [6.45, 7) is 0. The molecule has 5 rings (SSSR count). The van der Waals surface area contributed by atoms with Gasteiger partial charge >= 0.3 is 0 Å². The molecule has 1 fully saturated rings. The van der Waals surface area contributed by atoms with Crippen LogP contribution in [-0.2, 0) is 0 Å². The smallest absolute Gasteiger partial charge is 0.215 e. The van der Waals surface area contributed by atoms with E-state index in [1.807, 2.05) is 28.9 Å². The summed E-state index contributed by atoms with van der Waals surface area (Å²) in [5.74, 6) is 0. The van der Waals surface area contributed by atoms with E-state index in [1.165, 1.54) is 11.8 Å². The molecule has 6 nitrogen and oxygen atoms in total. The normalized spacial score (nSPS) is 14.3. The van der Waals surface area contributed by atoms with Crippen LogP contribution in [0.15, 0.2) is 46.2 Å². The largest absolute Gasteiger partial charge is 0.229 e. The van der Waals surface area contributed by atoms with Crippen molar-refractivity contribution < 1.29 is 0 Å². The fourth-order valence-corrected chi connectivity index (χ4v) is 4.70. The summed E-state index contributed by atoms with van der Waals surface area (Å²) in [7, 11) is 0. The van der Waals surface area contributed by atoms with Crippen molar-refractivity contribution in [3.8, 4) is 11.1 Å². The Bertz CT molecular complexity index is 1050. The van der Waals surface area contributed by atoms with Crippen LogP contribution in [0.3, 0.4) is 0 Å². The van der Waals surface area contributed by atoms with Crippen LogP contribution >= 0.6 is 34.7 Å². The summed E-state index contributed by atoms with van der Waals surface area (Å²) in [4.78, 5) is 9.87. The van der Waals surface area contributed by atoms with Gasteiger partial charge in [-0.05, 0) is 52.7 Å². The third-order valence-corrected chi connectivity index (χ3v) is 6.13. The molecule has 0 amide bonds. The molecule has 0 saturated heterocycles. The Morgan fingerprint density at radius 2 is 2.00 bits per heavy atom. The topological polar surface area (TPSA) is 69.4 Å². The molecule has 0 unspecified atom stereocenters. The molecule has 4 aromatic rings. The van der Waals surface area contributed by atoms with E-state index in [1.54, 1.807) is 17.7 Å². The van der Waals surface area contributed by atoms with Crippen LogP contribution in [-0.4, -0.2) is 30.2 Å². The fraction of sp³-hybridized carbons (Fsp3) is 0.188. The SMILES string of the molecule is Clc1ccc(-c2csc3ncnc(Sc4nnnn4C4CC4)c23)cc1. The van der Waals surface area contributed by atoms with Crippen LogP contribution in [0, 0.1) is 0 Å². The second-order valence-corrected chi connectivity index (χ2v) is 8.01. The Hall–Kier alpha value is -2.03. The van der Waals surface area contributed by atoms with Crippen LogP contribution in [0.2, 0.25) is 5.02 Å². The van der Waals surface area contributed by atoms with Crippen LogP contribution in [0.25, 0.3) is 21.3 Å². The van der Waals surface area contributed by atoms with Crippen molar-refractivity contribution >= 4 is 44.9 Å². The third-order valence-electron chi connectivity index (χ3n) is 4.03. The highest BCUT2D eigenvalue weighted by Crippen LogP contribution is 2.42. The van der Waals surface area contributed by atoms with E-state index in [9.17, 15) is 0 Å². The number of hydrogen-bond donors (Lipinski definition) is 0. The van der Waals surface area contributed by atoms with Crippen LogP contribution in [0.1, 0.15) is 18.9 Å². The molecule has 3 aromatic heterocycles. The summed E-state index contributed by atoms with van der Waals surface area (Å²) in [5, 5.41) is 17.6. The van der Waals surface area contributed by atoms with E-state index in [-0.39, 0.29) is 0 Å². The van der Waals surface area contributed by atoms with Gasteiger partial charge in [0.1, 0.15) is 16.2 Å². The first-order valence-electron chi connectivity index (χ1n) is 7.73. The Kier molecular flexibility index (Phi) is 3.69. The van der Waals surface area contributed by atoms with Gasteiger partial charge in [0.05, 0.1) is 11.4 Å². The van der Waals surface area contributed by atoms with Crippen molar-refractivity contribution in [2.45, 2.75) is 29.1 Å². The van der Waals surface area contributed by atoms with Gasteiger partial charge in [-0.3, -0.25) is 0 Å². The van der Waals surface area contributed by atoms with Crippen LogP contribution in [0.5, 0.6) is 0 Å². The average Bonchev–Trinajstić information content (AvgIpc) is 3.20. The highest BCUT2D eigenvalue weighted by Gasteiger charge is 2.28. The number of benzene rings is 1. The molecule has 0 radical (unpaired) electrons. The molecule has 1 aromatic carbocycles. The summed E-state index contributed by atoms with van der Waals surface area (Å²) in [6.07, 6.45) is 3.86. The standard InChI is InChI=1S/C16H11ClN6S2/c17-10-3-1-9(2-4-10)12-7-24-14-13(12)15(19-8-18-14)25-16-20-21-22-23(16)11-5-6-11/h1-4,7-8,11H,5-6H2. The predicted octanol–water partition coefficient (Wildman–Crippen LogP) is 4.48. The first-order valence-corrected chi connectivity index (χ1v) is 9.81. The molecule has 0 bridgehead atoms. The van der Waals surface area contributed by atoms with Gasteiger partial charge in [0.15, 0.2) is 0 Å². The minimum atomic E-state index is 0.424. The Labute approximate surface area is 156 Å². The molecular formula is C16H11ClN6S2. The first kappa shape index (κ1) is 15.2. The van der Waals surface area contributed by atoms with E-state index in [2.05, 4.69) is 30.9 Å². The zero-order valence-electron chi connectivity index (χ0n) is 12.8. The highest BCUT2D eigenvalue weighted by molar-refractivity contribution is 7.99. The molecule has 0 spiro atoms. The molecule has 3 heterocycles. The second kappa shape index (κ2) is 6.05. The van der Waals surface area contributed by atoms with Gasteiger partial charge in [-0.1, -0.05) is 23.7 Å². The van der Waals surface area contributed by atoms with Crippen molar-refractivity contribution in [3.63, 3.8) is 0 Å². The molecule has 1 aliphatic rings. The van der Waals surface area contributed by atoms with Gasteiger partial charge in [-0.15, -0.1) is 16.4 Å². The number of hydrogen-bond acceptors (Lipinski definition) is 7. The maximum absolute atomic E-state index is 6.02. The summed E-state index contributed by atoms with van der Waals surface area (Å²) < 4.78 is 1.90. The van der Waals surface area contributed by atoms with Gasteiger partial charge in [0.2, 0.25) is 5.16 Å². The number of tetrazole rings is 1.